The molecule has 1 N–H and O–H groups in total. The van der Waals surface area contributed by atoms with Gasteiger partial charge in [0, 0.05) is 22.3 Å². The molecule has 2 rings (SSSR count). The molecule has 0 aliphatic heterocycles. The number of halogens is 1. The van der Waals surface area contributed by atoms with Gasteiger partial charge in [0.2, 0.25) is 0 Å². The minimum Gasteiger partial charge on any atom is -0.389 e. The van der Waals surface area contributed by atoms with Gasteiger partial charge in [0.15, 0.2) is 5.16 Å². The fourth-order valence-corrected chi connectivity index (χ4v) is 2.59. The van der Waals surface area contributed by atoms with E-state index in [1.165, 1.54) is 11.8 Å². The number of rotatable bonds is 3. The van der Waals surface area contributed by atoms with E-state index in [9.17, 15) is 5.11 Å². The average molecular weight is 281 g/mol. The zero-order chi connectivity index (χ0) is 13.1. The highest BCUT2D eigenvalue weighted by Crippen LogP contribution is 2.30. The van der Waals surface area contributed by atoms with Gasteiger partial charge in [0.05, 0.1) is 6.10 Å². The lowest BCUT2D eigenvalue weighted by molar-refractivity contribution is 0.199. The second-order valence-corrected chi connectivity index (χ2v) is 5.45. The minimum atomic E-state index is -0.563. The second kappa shape index (κ2) is 5.69. The summed E-state index contributed by atoms with van der Waals surface area (Å²) in [6.07, 6.45) is 2.99. The molecule has 2 aromatic rings. The van der Waals surface area contributed by atoms with Crippen LogP contribution in [0.4, 0.5) is 0 Å². The summed E-state index contributed by atoms with van der Waals surface area (Å²) >= 11 is 7.54. The van der Waals surface area contributed by atoms with E-state index in [4.69, 9.17) is 11.6 Å². The van der Waals surface area contributed by atoms with Crippen LogP contribution in [0.2, 0.25) is 5.02 Å². The summed E-state index contributed by atoms with van der Waals surface area (Å²) in [6.45, 7) is 3.64. The molecular weight excluding hydrogens is 268 g/mol. The maximum absolute atomic E-state index is 9.50. The molecule has 0 aliphatic rings. The lowest BCUT2D eigenvalue weighted by atomic mass is 10.1. The molecule has 18 heavy (non-hydrogen) atoms. The molecule has 1 aromatic carbocycles. The van der Waals surface area contributed by atoms with Gasteiger partial charge in [-0.05, 0) is 48.9 Å². The summed E-state index contributed by atoms with van der Waals surface area (Å²) in [5, 5.41) is 10.7. The first kappa shape index (κ1) is 13.3. The third-order valence-electron chi connectivity index (χ3n) is 2.39. The number of aromatic nitrogens is 2. The summed E-state index contributed by atoms with van der Waals surface area (Å²) in [5.74, 6) is 0. The fourth-order valence-electron chi connectivity index (χ4n) is 1.45. The maximum atomic E-state index is 9.50. The molecule has 0 bridgehead atoms. The number of hydrogen-bond acceptors (Lipinski definition) is 4. The van der Waals surface area contributed by atoms with Gasteiger partial charge in [-0.1, -0.05) is 17.7 Å². The molecule has 1 aromatic heterocycles. The van der Waals surface area contributed by atoms with Crippen LogP contribution in [-0.2, 0) is 0 Å². The first-order chi connectivity index (χ1) is 8.56. The predicted octanol–water partition coefficient (Wildman–Crippen LogP) is 3.64. The van der Waals surface area contributed by atoms with E-state index in [1.54, 1.807) is 19.3 Å². The van der Waals surface area contributed by atoms with E-state index in [-0.39, 0.29) is 0 Å². The van der Waals surface area contributed by atoms with Crippen LogP contribution in [0.5, 0.6) is 0 Å². The summed E-state index contributed by atoms with van der Waals surface area (Å²) in [4.78, 5) is 9.39. The van der Waals surface area contributed by atoms with E-state index < -0.39 is 6.10 Å². The Kier molecular flexibility index (Phi) is 4.22. The first-order valence-electron chi connectivity index (χ1n) is 5.50. The molecule has 0 saturated heterocycles. The minimum absolute atomic E-state index is 0.558. The smallest absolute Gasteiger partial charge is 0.192 e. The molecule has 0 radical (unpaired) electrons. The highest BCUT2D eigenvalue weighted by Gasteiger charge is 2.08. The van der Waals surface area contributed by atoms with Gasteiger partial charge in [0.1, 0.15) is 0 Å². The average Bonchev–Trinajstić information content (AvgIpc) is 2.32. The Morgan fingerprint density at radius 1 is 1.28 bits per heavy atom. The highest BCUT2D eigenvalue weighted by molar-refractivity contribution is 7.99. The second-order valence-electron chi connectivity index (χ2n) is 4.00. The van der Waals surface area contributed by atoms with E-state index in [1.807, 2.05) is 25.1 Å². The van der Waals surface area contributed by atoms with Gasteiger partial charge in [-0.3, -0.25) is 0 Å². The Hall–Kier alpha value is -1.10. The van der Waals surface area contributed by atoms with Crippen molar-refractivity contribution < 1.29 is 5.11 Å². The number of aliphatic hydroxyl groups is 1. The highest BCUT2D eigenvalue weighted by atomic mass is 35.5. The van der Waals surface area contributed by atoms with Crippen LogP contribution in [0.25, 0.3) is 0 Å². The van der Waals surface area contributed by atoms with Crippen molar-refractivity contribution in [3.05, 3.63) is 46.7 Å². The van der Waals surface area contributed by atoms with Crippen LogP contribution in [0, 0.1) is 6.92 Å². The maximum Gasteiger partial charge on any atom is 0.192 e. The Balaban J connectivity index is 2.20. The van der Waals surface area contributed by atoms with E-state index in [0.29, 0.717) is 10.2 Å². The largest absolute Gasteiger partial charge is 0.389 e. The fraction of sp³-hybridized carbons (Fsp3) is 0.231. The zero-order valence-electron chi connectivity index (χ0n) is 10.1. The molecule has 0 fully saturated rings. The van der Waals surface area contributed by atoms with E-state index in [0.717, 1.165) is 16.0 Å². The van der Waals surface area contributed by atoms with Crippen molar-refractivity contribution >= 4 is 23.4 Å². The number of benzene rings is 1. The molecule has 94 valence electrons. The molecule has 0 aliphatic carbocycles. The van der Waals surface area contributed by atoms with Gasteiger partial charge in [-0.25, -0.2) is 9.97 Å². The summed E-state index contributed by atoms with van der Waals surface area (Å²) in [5.41, 5.74) is 1.76. The summed E-state index contributed by atoms with van der Waals surface area (Å²) in [7, 11) is 0. The molecule has 3 nitrogen and oxygen atoms in total. The number of aliphatic hydroxyl groups excluding tert-OH is 1. The third kappa shape index (κ3) is 3.22. The number of aryl methyl sites for hydroxylation is 1. The standard InChI is InChI=1S/C13H13ClN2OS/c1-8-6-15-13(16-7-8)18-10-3-4-11(9(2)17)12(14)5-10/h3-7,9,17H,1-2H3. The van der Waals surface area contributed by atoms with E-state index >= 15 is 0 Å². The molecule has 1 heterocycles. The van der Waals surface area contributed by atoms with Gasteiger partial charge in [-0.2, -0.15) is 0 Å². The van der Waals surface area contributed by atoms with Crippen LogP contribution in [0.1, 0.15) is 24.2 Å². The lowest BCUT2D eigenvalue weighted by Crippen LogP contribution is -1.92. The molecule has 0 saturated carbocycles. The van der Waals surface area contributed by atoms with Crippen molar-refractivity contribution in [3.8, 4) is 0 Å². The van der Waals surface area contributed by atoms with Crippen molar-refractivity contribution in [2.75, 3.05) is 0 Å². The zero-order valence-corrected chi connectivity index (χ0v) is 11.7. The Morgan fingerprint density at radius 2 is 1.94 bits per heavy atom. The van der Waals surface area contributed by atoms with Gasteiger partial charge < -0.3 is 5.11 Å². The molecule has 1 unspecified atom stereocenters. The number of hydrogen-bond donors (Lipinski definition) is 1. The molecule has 1 atom stereocenters. The lowest BCUT2D eigenvalue weighted by Gasteiger charge is -2.08. The van der Waals surface area contributed by atoms with Crippen LogP contribution < -0.4 is 0 Å². The number of nitrogens with zero attached hydrogens (tertiary/aromatic N) is 2. The van der Waals surface area contributed by atoms with Crippen LogP contribution in [0.15, 0.2) is 40.6 Å². The Bertz CT molecular complexity index is 543. The van der Waals surface area contributed by atoms with Gasteiger partial charge in [-0.15, -0.1) is 0 Å². The molecule has 0 spiro atoms. The Labute approximate surface area is 115 Å². The topological polar surface area (TPSA) is 46.0 Å². The van der Waals surface area contributed by atoms with Crippen molar-refractivity contribution in [2.24, 2.45) is 0 Å². The van der Waals surface area contributed by atoms with Crippen LogP contribution in [0.3, 0.4) is 0 Å². The van der Waals surface area contributed by atoms with Gasteiger partial charge >= 0.3 is 0 Å². The monoisotopic (exact) mass is 280 g/mol. The van der Waals surface area contributed by atoms with Gasteiger partial charge in [0.25, 0.3) is 0 Å². The van der Waals surface area contributed by atoms with E-state index in [2.05, 4.69) is 9.97 Å². The van der Waals surface area contributed by atoms with Crippen LogP contribution >= 0.6 is 23.4 Å². The molecule has 0 amide bonds. The summed E-state index contributed by atoms with van der Waals surface area (Å²) < 4.78 is 0. The predicted molar refractivity (Wildman–Crippen MR) is 73.0 cm³/mol. The summed E-state index contributed by atoms with van der Waals surface area (Å²) in [6, 6.07) is 5.54. The normalized spacial score (nSPS) is 12.4. The Morgan fingerprint density at radius 3 is 2.50 bits per heavy atom. The molecule has 5 heteroatoms. The first-order valence-corrected chi connectivity index (χ1v) is 6.69. The SMILES string of the molecule is Cc1cnc(Sc2ccc(C(C)O)c(Cl)c2)nc1. The van der Waals surface area contributed by atoms with Crippen molar-refractivity contribution in [1.82, 2.24) is 9.97 Å². The van der Waals surface area contributed by atoms with Crippen LogP contribution in [-0.4, -0.2) is 15.1 Å². The van der Waals surface area contributed by atoms with Crippen molar-refractivity contribution in [3.63, 3.8) is 0 Å². The quantitative estimate of drug-likeness (QED) is 0.872. The van der Waals surface area contributed by atoms with Crippen molar-refractivity contribution in [2.45, 2.75) is 30.0 Å². The third-order valence-corrected chi connectivity index (χ3v) is 3.60. The van der Waals surface area contributed by atoms with Crippen molar-refractivity contribution in [1.29, 1.82) is 0 Å². The molecular formula is C13H13ClN2OS.